The lowest BCUT2D eigenvalue weighted by Crippen LogP contribution is -2.41. The fourth-order valence-electron chi connectivity index (χ4n) is 2.11. The molecule has 2 amide bonds. The summed E-state index contributed by atoms with van der Waals surface area (Å²) in [5.41, 5.74) is 0.491. The standard InChI is InChI=1S/C14H16ClFN2O/c1-9(2)13-4-3-7-18(13)14(19)17-10-5-6-12(16)11(15)8-10/h3-6,8-9,13H,7H2,1-2H3,(H,17,19)/t13-/m0/s1. The van der Waals surface area contributed by atoms with E-state index in [0.717, 1.165) is 0 Å². The van der Waals surface area contributed by atoms with E-state index in [-0.39, 0.29) is 17.1 Å². The summed E-state index contributed by atoms with van der Waals surface area (Å²) in [4.78, 5) is 13.9. The Balaban J connectivity index is 2.07. The molecule has 5 heteroatoms. The highest BCUT2D eigenvalue weighted by Gasteiger charge is 2.27. The number of anilines is 1. The number of carbonyl (C=O) groups is 1. The molecule has 0 bridgehead atoms. The summed E-state index contributed by atoms with van der Waals surface area (Å²) >= 11 is 5.68. The van der Waals surface area contributed by atoms with Gasteiger partial charge in [-0.15, -0.1) is 0 Å². The van der Waals surface area contributed by atoms with Crippen LogP contribution < -0.4 is 5.32 Å². The van der Waals surface area contributed by atoms with Crippen molar-refractivity contribution in [2.75, 3.05) is 11.9 Å². The molecule has 0 spiro atoms. The third kappa shape index (κ3) is 3.07. The zero-order valence-electron chi connectivity index (χ0n) is 10.9. The highest BCUT2D eigenvalue weighted by Crippen LogP contribution is 2.22. The van der Waals surface area contributed by atoms with E-state index in [1.54, 1.807) is 4.90 Å². The molecule has 1 heterocycles. The van der Waals surface area contributed by atoms with Crippen LogP contribution in [-0.2, 0) is 0 Å². The molecule has 1 N–H and O–H groups in total. The molecule has 0 aliphatic carbocycles. The Morgan fingerprint density at radius 1 is 1.53 bits per heavy atom. The van der Waals surface area contributed by atoms with Gasteiger partial charge < -0.3 is 10.2 Å². The van der Waals surface area contributed by atoms with Crippen molar-refractivity contribution in [3.8, 4) is 0 Å². The number of benzene rings is 1. The molecule has 0 aromatic heterocycles. The largest absolute Gasteiger partial charge is 0.322 e. The molecule has 102 valence electrons. The van der Waals surface area contributed by atoms with Crippen molar-refractivity contribution in [1.29, 1.82) is 0 Å². The minimum Gasteiger partial charge on any atom is -0.314 e. The summed E-state index contributed by atoms with van der Waals surface area (Å²) in [5.74, 6) is -0.149. The molecule has 0 saturated carbocycles. The first-order valence-corrected chi connectivity index (χ1v) is 6.56. The van der Waals surface area contributed by atoms with Gasteiger partial charge in [0.05, 0.1) is 11.1 Å². The lowest BCUT2D eigenvalue weighted by molar-refractivity contribution is 0.199. The quantitative estimate of drug-likeness (QED) is 0.820. The van der Waals surface area contributed by atoms with Crippen molar-refractivity contribution >= 4 is 23.3 Å². The maximum Gasteiger partial charge on any atom is 0.322 e. The summed E-state index contributed by atoms with van der Waals surface area (Å²) in [6.45, 7) is 4.72. The van der Waals surface area contributed by atoms with Crippen molar-refractivity contribution in [3.63, 3.8) is 0 Å². The number of nitrogens with one attached hydrogen (secondary N) is 1. The topological polar surface area (TPSA) is 32.3 Å². The second kappa shape index (κ2) is 5.61. The molecule has 1 aliphatic heterocycles. The SMILES string of the molecule is CC(C)[C@@H]1C=CCN1C(=O)Nc1ccc(F)c(Cl)c1. The zero-order valence-corrected chi connectivity index (χ0v) is 11.6. The van der Waals surface area contributed by atoms with Crippen LogP contribution in [0.15, 0.2) is 30.4 Å². The van der Waals surface area contributed by atoms with E-state index in [9.17, 15) is 9.18 Å². The van der Waals surface area contributed by atoms with Crippen LogP contribution in [0, 0.1) is 11.7 Å². The van der Waals surface area contributed by atoms with Crippen LogP contribution >= 0.6 is 11.6 Å². The van der Waals surface area contributed by atoms with Crippen LogP contribution in [0.25, 0.3) is 0 Å². The maximum absolute atomic E-state index is 13.0. The van der Waals surface area contributed by atoms with Gasteiger partial charge in [-0.25, -0.2) is 9.18 Å². The van der Waals surface area contributed by atoms with Gasteiger partial charge in [0.1, 0.15) is 5.82 Å². The van der Waals surface area contributed by atoms with Gasteiger partial charge in [-0.2, -0.15) is 0 Å². The number of amides is 2. The monoisotopic (exact) mass is 282 g/mol. The van der Waals surface area contributed by atoms with Crippen molar-refractivity contribution in [2.24, 2.45) is 5.92 Å². The first kappa shape index (κ1) is 13.9. The van der Waals surface area contributed by atoms with E-state index in [4.69, 9.17) is 11.6 Å². The lowest BCUT2D eigenvalue weighted by Gasteiger charge is -2.27. The summed E-state index contributed by atoms with van der Waals surface area (Å²) in [6.07, 6.45) is 4.00. The van der Waals surface area contributed by atoms with Crippen molar-refractivity contribution in [3.05, 3.63) is 41.2 Å². The van der Waals surface area contributed by atoms with Gasteiger partial charge in [-0.05, 0) is 24.1 Å². The van der Waals surface area contributed by atoms with Crippen molar-refractivity contribution in [2.45, 2.75) is 19.9 Å². The Kier molecular flexibility index (Phi) is 4.10. The van der Waals surface area contributed by atoms with Crippen LogP contribution in [0.2, 0.25) is 5.02 Å². The number of halogens is 2. The van der Waals surface area contributed by atoms with Crippen LogP contribution in [0.3, 0.4) is 0 Å². The number of hydrogen-bond donors (Lipinski definition) is 1. The number of carbonyl (C=O) groups excluding carboxylic acids is 1. The molecule has 0 saturated heterocycles. The van der Waals surface area contributed by atoms with Gasteiger partial charge in [0.15, 0.2) is 0 Å². The fourth-order valence-corrected chi connectivity index (χ4v) is 2.29. The minimum atomic E-state index is -0.498. The highest BCUT2D eigenvalue weighted by atomic mass is 35.5. The Morgan fingerprint density at radius 2 is 2.26 bits per heavy atom. The summed E-state index contributed by atoms with van der Waals surface area (Å²) in [7, 11) is 0. The Labute approximate surface area is 117 Å². The number of hydrogen-bond acceptors (Lipinski definition) is 1. The number of rotatable bonds is 2. The lowest BCUT2D eigenvalue weighted by atomic mass is 10.1. The van der Waals surface area contributed by atoms with Gasteiger partial charge in [0, 0.05) is 12.2 Å². The Morgan fingerprint density at radius 3 is 2.89 bits per heavy atom. The average molecular weight is 283 g/mol. The van der Waals surface area contributed by atoms with Gasteiger partial charge in [0.25, 0.3) is 0 Å². The van der Waals surface area contributed by atoms with Gasteiger partial charge >= 0.3 is 6.03 Å². The maximum atomic E-state index is 13.0. The van der Waals surface area contributed by atoms with Gasteiger partial charge in [0.2, 0.25) is 0 Å². The van der Waals surface area contributed by atoms with E-state index >= 15 is 0 Å². The van der Waals surface area contributed by atoms with Crippen LogP contribution in [0.1, 0.15) is 13.8 Å². The van der Waals surface area contributed by atoms with E-state index in [0.29, 0.717) is 18.2 Å². The third-order valence-electron chi connectivity index (χ3n) is 3.11. The summed E-state index contributed by atoms with van der Waals surface area (Å²) in [5, 5.41) is 2.73. The summed E-state index contributed by atoms with van der Waals surface area (Å²) in [6, 6.07) is 4.03. The Hall–Kier alpha value is -1.55. The van der Waals surface area contributed by atoms with E-state index in [1.807, 2.05) is 12.2 Å². The van der Waals surface area contributed by atoms with Gasteiger partial charge in [-0.3, -0.25) is 0 Å². The molecule has 1 aromatic carbocycles. The predicted octanol–water partition coefficient (Wildman–Crippen LogP) is 3.91. The van der Waals surface area contributed by atoms with Crippen LogP contribution in [0.5, 0.6) is 0 Å². The third-order valence-corrected chi connectivity index (χ3v) is 3.40. The molecule has 2 rings (SSSR count). The van der Waals surface area contributed by atoms with E-state index in [1.165, 1.54) is 18.2 Å². The Bertz CT molecular complexity index is 516. The van der Waals surface area contributed by atoms with Crippen LogP contribution in [-0.4, -0.2) is 23.5 Å². The smallest absolute Gasteiger partial charge is 0.314 e. The molecule has 19 heavy (non-hydrogen) atoms. The van der Waals surface area contributed by atoms with Crippen molar-refractivity contribution < 1.29 is 9.18 Å². The van der Waals surface area contributed by atoms with Crippen molar-refractivity contribution in [1.82, 2.24) is 4.90 Å². The molecular weight excluding hydrogens is 267 g/mol. The molecule has 0 unspecified atom stereocenters. The first-order valence-electron chi connectivity index (χ1n) is 6.18. The second-order valence-corrected chi connectivity index (χ2v) is 5.28. The second-order valence-electron chi connectivity index (χ2n) is 4.87. The molecule has 0 fully saturated rings. The highest BCUT2D eigenvalue weighted by molar-refractivity contribution is 6.31. The fraction of sp³-hybridized carbons (Fsp3) is 0.357. The molecular formula is C14H16ClFN2O. The molecule has 0 radical (unpaired) electrons. The van der Waals surface area contributed by atoms with Crippen LogP contribution in [0.4, 0.5) is 14.9 Å². The van der Waals surface area contributed by atoms with E-state index in [2.05, 4.69) is 19.2 Å². The zero-order chi connectivity index (χ0) is 14.0. The molecule has 1 atom stereocenters. The predicted molar refractivity (Wildman–Crippen MR) is 74.9 cm³/mol. The molecule has 1 aliphatic rings. The normalized spacial score (nSPS) is 18.2. The summed E-state index contributed by atoms with van der Waals surface area (Å²) < 4.78 is 13.0. The first-order chi connectivity index (χ1) is 8.99. The molecule has 1 aromatic rings. The average Bonchev–Trinajstić information content (AvgIpc) is 2.83. The van der Waals surface area contributed by atoms with Gasteiger partial charge in [-0.1, -0.05) is 37.6 Å². The molecule has 3 nitrogen and oxygen atoms in total. The number of nitrogens with zero attached hydrogens (tertiary/aromatic N) is 1. The minimum absolute atomic E-state index is 0.00208. The number of urea groups is 1. The van der Waals surface area contributed by atoms with E-state index < -0.39 is 5.82 Å².